The summed E-state index contributed by atoms with van der Waals surface area (Å²) in [5.74, 6) is 0.486. The fourth-order valence-corrected chi connectivity index (χ4v) is 5.65. The molecule has 4 nitrogen and oxygen atoms in total. The summed E-state index contributed by atoms with van der Waals surface area (Å²) >= 11 is 1.63. The van der Waals surface area contributed by atoms with Crippen LogP contribution in [0.15, 0.2) is 57.9 Å². The van der Waals surface area contributed by atoms with Crippen molar-refractivity contribution in [1.82, 2.24) is 0 Å². The van der Waals surface area contributed by atoms with Gasteiger partial charge in [-0.1, -0.05) is 41.5 Å². The molecule has 0 fully saturated rings. The van der Waals surface area contributed by atoms with E-state index in [1.807, 2.05) is 25.1 Å². The quantitative estimate of drug-likeness (QED) is 0.308. The van der Waals surface area contributed by atoms with Gasteiger partial charge in [0.2, 0.25) is 0 Å². The Balaban J connectivity index is 1.76. The van der Waals surface area contributed by atoms with Gasteiger partial charge in [0.25, 0.3) is 0 Å². The van der Waals surface area contributed by atoms with E-state index in [1.54, 1.807) is 11.3 Å². The van der Waals surface area contributed by atoms with Gasteiger partial charge in [-0.25, -0.2) is 9.79 Å². The predicted octanol–water partition coefficient (Wildman–Crippen LogP) is 7.07. The molecule has 1 aliphatic rings. The Kier molecular flexibility index (Phi) is 5.90. The number of rotatable bonds is 4. The average Bonchev–Trinajstić information content (AvgIpc) is 3.18. The number of hydrogen-bond donors (Lipinski definition) is 0. The molecular weight excluding hydrogens is 430 g/mol. The molecule has 0 spiro atoms. The lowest BCUT2D eigenvalue weighted by Gasteiger charge is -2.11. The van der Waals surface area contributed by atoms with Crippen molar-refractivity contribution < 1.29 is 13.9 Å². The smallest absolute Gasteiger partial charge is 0.341 e. The second-order valence-corrected chi connectivity index (χ2v) is 9.67. The minimum atomic E-state index is -0.268. The van der Waals surface area contributed by atoms with Gasteiger partial charge in [0.15, 0.2) is 0 Å². The average molecular weight is 458 g/mol. The molecule has 0 bridgehead atoms. The third kappa shape index (κ3) is 4.25. The zero-order chi connectivity index (χ0) is 22.9. The van der Waals surface area contributed by atoms with E-state index >= 15 is 0 Å². The highest BCUT2D eigenvalue weighted by Crippen LogP contribution is 2.40. The van der Waals surface area contributed by atoms with Crippen molar-refractivity contribution in [3.63, 3.8) is 0 Å². The first-order chi connectivity index (χ1) is 16.0. The Morgan fingerprint density at radius 3 is 2.58 bits per heavy atom. The largest absolute Gasteiger partial charge is 0.462 e. The number of benzene rings is 2. The highest BCUT2D eigenvalue weighted by Gasteiger charge is 2.26. The number of aryl methyl sites for hydroxylation is 3. The van der Waals surface area contributed by atoms with Crippen molar-refractivity contribution in [2.45, 2.75) is 46.5 Å². The highest BCUT2D eigenvalue weighted by atomic mass is 32.1. The molecule has 33 heavy (non-hydrogen) atoms. The minimum absolute atomic E-state index is 0.268. The summed E-state index contributed by atoms with van der Waals surface area (Å²) in [6.45, 7) is 6.33. The van der Waals surface area contributed by atoms with Gasteiger partial charge in [-0.05, 0) is 64.2 Å². The van der Waals surface area contributed by atoms with E-state index in [2.05, 4.69) is 44.2 Å². The van der Waals surface area contributed by atoms with Crippen LogP contribution in [0.1, 0.15) is 51.7 Å². The van der Waals surface area contributed by atoms with Crippen LogP contribution in [0.4, 0.5) is 5.00 Å². The maximum absolute atomic E-state index is 12.9. The minimum Gasteiger partial charge on any atom is -0.462 e. The Morgan fingerprint density at radius 1 is 1.03 bits per heavy atom. The van der Waals surface area contributed by atoms with Crippen LogP contribution in [0, 0.1) is 13.8 Å². The van der Waals surface area contributed by atoms with Crippen LogP contribution in [0.25, 0.3) is 22.3 Å². The van der Waals surface area contributed by atoms with Gasteiger partial charge in [-0.3, -0.25) is 0 Å². The number of carbonyl (C=O) groups is 1. The van der Waals surface area contributed by atoms with Gasteiger partial charge in [-0.2, -0.15) is 0 Å². The molecule has 0 aliphatic heterocycles. The number of carbonyl (C=O) groups excluding carboxylic acids is 1. The summed E-state index contributed by atoms with van der Waals surface area (Å²) in [7, 11) is 0. The van der Waals surface area contributed by atoms with E-state index in [1.165, 1.54) is 10.4 Å². The van der Waals surface area contributed by atoms with Crippen molar-refractivity contribution >= 4 is 33.3 Å². The van der Waals surface area contributed by atoms with Crippen molar-refractivity contribution in [1.29, 1.82) is 0 Å². The molecule has 0 unspecified atom stereocenters. The molecule has 2 heterocycles. The molecule has 0 amide bonds. The highest BCUT2D eigenvalue weighted by molar-refractivity contribution is 7.16. The fraction of sp³-hybridized carbons (Fsp3) is 0.286. The lowest BCUT2D eigenvalue weighted by molar-refractivity contribution is 0.0526. The van der Waals surface area contributed by atoms with Crippen LogP contribution in [0.5, 0.6) is 0 Å². The molecule has 5 heteroatoms. The Bertz CT molecular complexity index is 1410. The molecule has 0 saturated carbocycles. The van der Waals surface area contributed by atoms with E-state index in [9.17, 15) is 4.79 Å². The van der Waals surface area contributed by atoms with Crippen LogP contribution in [-0.2, 0) is 17.6 Å². The van der Waals surface area contributed by atoms with Gasteiger partial charge in [0, 0.05) is 21.9 Å². The van der Waals surface area contributed by atoms with Crippen molar-refractivity contribution in [3.8, 4) is 11.3 Å². The second-order valence-electron chi connectivity index (χ2n) is 8.58. The SMILES string of the molecule is CCOC(=O)c1c(N=c2cc(-c3ccc(C)cc3)oc3ccc(C)cc23)sc2c1CCCC2. The molecule has 0 N–H and O–H groups in total. The van der Waals surface area contributed by atoms with E-state index < -0.39 is 0 Å². The van der Waals surface area contributed by atoms with Crippen LogP contribution in [0.3, 0.4) is 0 Å². The lowest BCUT2D eigenvalue weighted by atomic mass is 9.95. The first-order valence-electron chi connectivity index (χ1n) is 11.5. The molecule has 0 saturated heterocycles. The number of hydrogen-bond acceptors (Lipinski definition) is 5. The summed E-state index contributed by atoms with van der Waals surface area (Å²) in [6, 6.07) is 16.4. The third-order valence-electron chi connectivity index (χ3n) is 6.09. The first kappa shape index (κ1) is 21.7. The number of fused-ring (bicyclic) bond motifs is 2. The summed E-state index contributed by atoms with van der Waals surface area (Å²) < 4.78 is 11.7. The molecule has 2 aromatic carbocycles. The Hall–Kier alpha value is -3.18. The van der Waals surface area contributed by atoms with Gasteiger partial charge in [0.05, 0.1) is 17.5 Å². The van der Waals surface area contributed by atoms with Crippen molar-refractivity contribution in [3.05, 3.63) is 81.0 Å². The molecule has 5 rings (SSSR count). The van der Waals surface area contributed by atoms with E-state index in [0.717, 1.165) is 69.5 Å². The summed E-state index contributed by atoms with van der Waals surface area (Å²) in [4.78, 5) is 19.3. The van der Waals surface area contributed by atoms with E-state index in [0.29, 0.717) is 12.2 Å². The zero-order valence-electron chi connectivity index (χ0n) is 19.2. The molecule has 1 aliphatic carbocycles. The summed E-state index contributed by atoms with van der Waals surface area (Å²) in [5, 5.41) is 2.48. The summed E-state index contributed by atoms with van der Waals surface area (Å²) in [6.07, 6.45) is 4.16. The molecule has 0 atom stereocenters. The van der Waals surface area contributed by atoms with Gasteiger partial charge >= 0.3 is 5.97 Å². The Morgan fingerprint density at radius 2 is 1.79 bits per heavy atom. The molecule has 4 aromatic rings. The first-order valence-corrected chi connectivity index (χ1v) is 12.3. The topological polar surface area (TPSA) is 51.8 Å². The monoisotopic (exact) mass is 457 g/mol. The molecule has 2 aromatic heterocycles. The van der Waals surface area contributed by atoms with Crippen LogP contribution >= 0.6 is 11.3 Å². The van der Waals surface area contributed by atoms with Crippen LogP contribution in [-0.4, -0.2) is 12.6 Å². The number of nitrogens with zero attached hydrogens (tertiary/aromatic N) is 1. The second kappa shape index (κ2) is 8.99. The van der Waals surface area contributed by atoms with Gasteiger partial charge in [0.1, 0.15) is 16.3 Å². The number of ether oxygens (including phenoxy) is 1. The fourth-order valence-electron chi connectivity index (χ4n) is 4.39. The zero-order valence-corrected chi connectivity index (χ0v) is 20.1. The van der Waals surface area contributed by atoms with Crippen molar-refractivity contribution in [2.24, 2.45) is 4.99 Å². The Labute approximate surface area is 197 Å². The molecule has 168 valence electrons. The van der Waals surface area contributed by atoms with E-state index in [4.69, 9.17) is 14.1 Å². The van der Waals surface area contributed by atoms with Crippen LogP contribution < -0.4 is 5.36 Å². The van der Waals surface area contributed by atoms with Gasteiger partial charge in [-0.15, -0.1) is 11.3 Å². The van der Waals surface area contributed by atoms with Gasteiger partial charge < -0.3 is 9.15 Å². The molecular formula is C28H27NO3S. The maximum atomic E-state index is 12.9. The maximum Gasteiger partial charge on any atom is 0.341 e. The third-order valence-corrected chi connectivity index (χ3v) is 7.27. The van der Waals surface area contributed by atoms with Crippen molar-refractivity contribution in [2.75, 3.05) is 6.61 Å². The number of esters is 1. The normalized spacial score (nSPS) is 13.8. The lowest BCUT2D eigenvalue weighted by Crippen LogP contribution is -2.10. The standard InChI is InChI=1S/C28H27NO3S/c1-4-31-28(30)26-20-7-5-6-8-25(20)33-27(26)29-22-16-24(19-12-9-17(2)10-13-19)32-23-14-11-18(3)15-21(22)23/h9-16H,4-8H2,1-3H3. The van der Waals surface area contributed by atoms with E-state index in [-0.39, 0.29) is 5.97 Å². The summed E-state index contributed by atoms with van der Waals surface area (Å²) in [5.41, 5.74) is 5.88. The molecule has 0 radical (unpaired) electrons. The predicted molar refractivity (Wildman–Crippen MR) is 133 cm³/mol. The number of thiophene rings is 1. The van der Waals surface area contributed by atoms with Crippen LogP contribution in [0.2, 0.25) is 0 Å².